The summed E-state index contributed by atoms with van der Waals surface area (Å²) in [4.78, 5) is 10.4. The number of nitrogens with zero attached hydrogens (tertiary/aromatic N) is 3. The Hall–Kier alpha value is -1.39. The molecule has 0 amide bonds. The van der Waals surface area contributed by atoms with Gasteiger partial charge in [-0.3, -0.25) is 4.79 Å². The van der Waals surface area contributed by atoms with Crippen molar-refractivity contribution >= 4 is 5.97 Å². The summed E-state index contributed by atoms with van der Waals surface area (Å²) in [5.74, 6) is -0.875. The summed E-state index contributed by atoms with van der Waals surface area (Å²) in [5, 5.41) is 16.2. The van der Waals surface area contributed by atoms with Gasteiger partial charge >= 0.3 is 5.97 Å². The first-order chi connectivity index (χ1) is 6.63. The second kappa shape index (κ2) is 4.74. The van der Waals surface area contributed by atoms with Crippen LogP contribution in [0.3, 0.4) is 0 Å². The maximum Gasteiger partial charge on any atom is 0.309 e. The Morgan fingerprint density at radius 3 is 3.00 bits per heavy atom. The standard InChI is InChI=1S/C9H15N3O2/c1-3-4-7(2)12-6-8(10-11-12)5-9(13)14/h6-7H,3-5H2,1-2H3,(H,13,14). The van der Waals surface area contributed by atoms with Gasteiger partial charge in [0.1, 0.15) is 0 Å². The third-order valence-electron chi connectivity index (χ3n) is 2.05. The summed E-state index contributed by atoms with van der Waals surface area (Å²) in [6.07, 6.45) is 3.75. The normalized spacial score (nSPS) is 12.7. The van der Waals surface area contributed by atoms with Crippen LogP contribution in [0.5, 0.6) is 0 Å². The molecule has 1 unspecified atom stereocenters. The fourth-order valence-electron chi connectivity index (χ4n) is 1.31. The average Bonchev–Trinajstić information content (AvgIpc) is 2.52. The second-order valence-corrected chi connectivity index (χ2v) is 3.40. The summed E-state index contributed by atoms with van der Waals surface area (Å²) >= 11 is 0. The summed E-state index contributed by atoms with van der Waals surface area (Å²) in [6.45, 7) is 4.15. The summed E-state index contributed by atoms with van der Waals surface area (Å²) in [5.41, 5.74) is 0.514. The van der Waals surface area contributed by atoms with Gasteiger partial charge < -0.3 is 5.11 Å². The van der Waals surface area contributed by atoms with Gasteiger partial charge in [-0.05, 0) is 13.3 Å². The van der Waals surface area contributed by atoms with E-state index in [0.29, 0.717) is 5.69 Å². The highest BCUT2D eigenvalue weighted by atomic mass is 16.4. The Morgan fingerprint density at radius 1 is 1.71 bits per heavy atom. The predicted octanol–water partition coefficient (Wildman–Crippen LogP) is 1.27. The largest absolute Gasteiger partial charge is 0.481 e. The third-order valence-corrected chi connectivity index (χ3v) is 2.05. The maximum absolute atomic E-state index is 10.4. The number of rotatable bonds is 5. The molecule has 0 aromatic carbocycles. The molecular formula is C9H15N3O2. The molecule has 0 saturated heterocycles. The molecule has 0 saturated carbocycles. The van der Waals surface area contributed by atoms with Crippen LogP contribution in [0.4, 0.5) is 0 Å². The van der Waals surface area contributed by atoms with Crippen LogP contribution < -0.4 is 0 Å². The van der Waals surface area contributed by atoms with Crippen LogP contribution >= 0.6 is 0 Å². The van der Waals surface area contributed by atoms with Crippen LogP contribution in [0.25, 0.3) is 0 Å². The highest BCUT2D eigenvalue weighted by Crippen LogP contribution is 2.11. The number of carboxylic acids is 1. The molecule has 0 radical (unpaired) electrons. The topological polar surface area (TPSA) is 68.0 Å². The van der Waals surface area contributed by atoms with Crippen molar-refractivity contribution in [3.63, 3.8) is 0 Å². The first-order valence-corrected chi connectivity index (χ1v) is 4.76. The Labute approximate surface area is 82.7 Å². The highest BCUT2D eigenvalue weighted by molar-refractivity contribution is 5.69. The van der Waals surface area contributed by atoms with Crippen LogP contribution in [0, 0.1) is 0 Å². The molecule has 1 aromatic rings. The fraction of sp³-hybridized carbons (Fsp3) is 0.667. The zero-order valence-electron chi connectivity index (χ0n) is 8.47. The maximum atomic E-state index is 10.4. The molecule has 14 heavy (non-hydrogen) atoms. The van der Waals surface area contributed by atoms with Gasteiger partial charge in [0.15, 0.2) is 0 Å². The lowest BCUT2D eigenvalue weighted by Crippen LogP contribution is -2.05. The van der Waals surface area contributed by atoms with Gasteiger partial charge in [-0.1, -0.05) is 18.6 Å². The molecule has 1 atom stereocenters. The lowest BCUT2D eigenvalue weighted by Gasteiger charge is -2.08. The SMILES string of the molecule is CCCC(C)n1cc(CC(=O)O)nn1. The lowest BCUT2D eigenvalue weighted by molar-refractivity contribution is -0.136. The molecule has 1 aromatic heterocycles. The average molecular weight is 197 g/mol. The van der Waals surface area contributed by atoms with Gasteiger partial charge in [0, 0.05) is 6.20 Å². The molecule has 1 heterocycles. The van der Waals surface area contributed by atoms with Crippen molar-refractivity contribution < 1.29 is 9.90 Å². The summed E-state index contributed by atoms with van der Waals surface area (Å²) < 4.78 is 1.72. The molecule has 0 fully saturated rings. The molecule has 5 nitrogen and oxygen atoms in total. The van der Waals surface area contributed by atoms with Gasteiger partial charge in [0.25, 0.3) is 0 Å². The third kappa shape index (κ3) is 2.83. The Balaban J connectivity index is 2.62. The second-order valence-electron chi connectivity index (χ2n) is 3.40. The first-order valence-electron chi connectivity index (χ1n) is 4.76. The van der Waals surface area contributed by atoms with Crippen LogP contribution in [-0.4, -0.2) is 26.1 Å². The smallest absolute Gasteiger partial charge is 0.309 e. The number of carboxylic acid groups (broad SMARTS) is 1. The van der Waals surface area contributed by atoms with Crippen molar-refractivity contribution in [2.24, 2.45) is 0 Å². The summed E-state index contributed by atoms with van der Waals surface area (Å²) in [7, 11) is 0. The van der Waals surface area contributed by atoms with Crippen molar-refractivity contribution in [1.29, 1.82) is 0 Å². The Morgan fingerprint density at radius 2 is 2.43 bits per heavy atom. The van der Waals surface area contributed by atoms with Crippen molar-refractivity contribution in [1.82, 2.24) is 15.0 Å². The van der Waals surface area contributed by atoms with Gasteiger partial charge in [-0.25, -0.2) is 4.68 Å². The van der Waals surface area contributed by atoms with E-state index in [-0.39, 0.29) is 12.5 Å². The van der Waals surface area contributed by atoms with E-state index in [0.717, 1.165) is 12.8 Å². The zero-order chi connectivity index (χ0) is 10.6. The Bertz CT molecular complexity index is 309. The van der Waals surface area contributed by atoms with Crippen LogP contribution in [-0.2, 0) is 11.2 Å². The predicted molar refractivity (Wildman–Crippen MR) is 51.0 cm³/mol. The molecular weight excluding hydrogens is 182 g/mol. The number of aliphatic carboxylic acids is 1. The van der Waals surface area contributed by atoms with E-state index in [1.165, 1.54) is 0 Å². The van der Waals surface area contributed by atoms with Crippen molar-refractivity contribution in [3.05, 3.63) is 11.9 Å². The Kier molecular flexibility index (Phi) is 3.62. The highest BCUT2D eigenvalue weighted by Gasteiger charge is 2.09. The lowest BCUT2D eigenvalue weighted by atomic mass is 10.2. The molecule has 0 aliphatic rings. The molecule has 78 valence electrons. The minimum Gasteiger partial charge on any atom is -0.481 e. The summed E-state index contributed by atoms with van der Waals surface area (Å²) in [6, 6.07) is 0.287. The van der Waals surface area contributed by atoms with Crippen molar-refractivity contribution in [3.8, 4) is 0 Å². The van der Waals surface area contributed by atoms with E-state index in [2.05, 4.69) is 17.2 Å². The zero-order valence-corrected chi connectivity index (χ0v) is 8.47. The van der Waals surface area contributed by atoms with E-state index in [1.807, 2.05) is 6.92 Å². The molecule has 0 bridgehead atoms. The molecule has 0 spiro atoms. The van der Waals surface area contributed by atoms with E-state index in [9.17, 15) is 4.79 Å². The van der Waals surface area contributed by atoms with E-state index in [4.69, 9.17) is 5.11 Å². The van der Waals surface area contributed by atoms with Crippen LogP contribution in [0.15, 0.2) is 6.20 Å². The number of hydrogen-bond acceptors (Lipinski definition) is 3. The van der Waals surface area contributed by atoms with Crippen molar-refractivity contribution in [2.45, 2.75) is 39.2 Å². The van der Waals surface area contributed by atoms with Gasteiger partial charge in [0.05, 0.1) is 18.2 Å². The monoisotopic (exact) mass is 197 g/mol. The molecule has 0 aliphatic carbocycles. The van der Waals surface area contributed by atoms with E-state index < -0.39 is 5.97 Å². The molecule has 1 rings (SSSR count). The van der Waals surface area contributed by atoms with E-state index >= 15 is 0 Å². The van der Waals surface area contributed by atoms with Gasteiger partial charge in [-0.15, -0.1) is 5.10 Å². The fourth-order valence-corrected chi connectivity index (χ4v) is 1.31. The van der Waals surface area contributed by atoms with Gasteiger partial charge in [0.2, 0.25) is 0 Å². The number of aromatic nitrogens is 3. The molecule has 1 N–H and O–H groups in total. The number of carbonyl (C=O) groups is 1. The van der Waals surface area contributed by atoms with Crippen LogP contribution in [0.2, 0.25) is 0 Å². The first kappa shape index (κ1) is 10.7. The number of hydrogen-bond donors (Lipinski definition) is 1. The quantitative estimate of drug-likeness (QED) is 0.771. The van der Waals surface area contributed by atoms with E-state index in [1.54, 1.807) is 10.9 Å². The molecule has 5 heteroatoms. The minimum absolute atomic E-state index is 0.0567. The van der Waals surface area contributed by atoms with Crippen molar-refractivity contribution in [2.75, 3.05) is 0 Å². The minimum atomic E-state index is -0.875. The van der Waals surface area contributed by atoms with Crippen LogP contribution in [0.1, 0.15) is 38.4 Å². The van der Waals surface area contributed by atoms with Gasteiger partial charge in [-0.2, -0.15) is 0 Å². The molecule has 0 aliphatic heterocycles.